The third-order valence-electron chi connectivity index (χ3n) is 12.5. The Morgan fingerprint density at radius 1 is 0.328 bits per heavy atom. The van der Waals surface area contributed by atoms with Crippen LogP contribution in [0, 0.1) is 5.41 Å². The van der Waals surface area contributed by atoms with Gasteiger partial charge in [-0.3, -0.25) is 5.41 Å². The Balaban J connectivity index is 1.02. The molecule has 2 heterocycles. The van der Waals surface area contributed by atoms with E-state index in [1.54, 1.807) is 0 Å². The van der Waals surface area contributed by atoms with Crippen LogP contribution in [0.4, 0.5) is 0 Å². The lowest BCUT2D eigenvalue weighted by molar-refractivity contribution is 1.22. The Morgan fingerprint density at radius 3 is 1.28 bits per heavy atom. The van der Waals surface area contributed by atoms with Crippen molar-refractivity contribution in [1.82, 2.24) is 10.3 Å². The molecule has 1 aliphatic rings. The molecule has 0 amide bonds. The molecule has 0 bridgehead atoms. The molecule has 0 aliphatic carbocycles. The van der Waals surface area contributed by atoms with Crippen molar-refractivity contribution in [2.75, 3.05) is 0 Å². The average molecular weight is 856 g/mol. The smallest absolute Gasteiger partial charge is 0.0716 e. The molecule has 0 atom stereocenters. The van der Waals surface area contributed by atoms with Crippen molar-refractivity contribution >= 4 is 28.8 Å². The van der Waals surface area contributed by atoms with Gasteiger partial charge in [-0.2, -0.15) is 0 Å². The van der Waals surface area contributed by atoms with Gasteiger partial charge in [-0.05, 0) is 104 Å². The maximum Gasteiger partial charge on any atom is 0.0716 e. The van der Waals surface area contributed by atoms with Crippen molar-refractivity contribution in [2.45, 2.75) is 0 Å². The van der Waals surface area contributed by atoms with Crippen molar-refractivity contribution in [2.24, 2.45) is 0 Å². The molecule has 0 radical (unpaired) electrons. The Morgan fingerprint density at radius 2 is 0.731 bits per heavy atom. The molecule has 10 aromatic rings. The first-order valence-corrected chi connectivity index (χ1v) is 22.7. The van der Waals surface area contributed by atoms with E-state index in [0.29, 0.717) is 5.71 Å². The highest BCUT2D eigenvalue weighted by atomic mass is 14.9. The first-order chi connectivity index (χ1) is 33.1. The molecule has 11 rings (SSSR count). The van der Waals surface area contributed by atoms with Crippen LogP contribution in [-0.4, -0.2) is 10.7 Å². The third-order valence-corrected chi connectivity index (χ3v) is 12.5. The Hall–Kier alpha value is -8.92. The summed E-state index contributed by atoms with van der Waals surface area (Å²) in [5.41, 5.74) is 21.2. The molecule has 316 valence electrons. The molecular formula is C64H45N3. The first-order valence-electron chi connectivity index (χ1n) is 22.7. The van der Waals surface area contributed by atoms with Crippen LogP contribution in [0.1, 0.15) is 27.8 Å². The van der Waals surface area contributed by atoms with Crippen molar-refractivity contribution in [3.63, 3.8) is 0 Å². The highest BCUT2D eigenvalue weighted by Crippen LogP contribution is 2.40. The highest BCUT2D eigenvalue weighted by Gasteiger charge is 2.24. The summed E-state index contributed by atoms with van der Waals surface area (Å²) in [4.78, 5) is 5.34. The van der Waals surface area contributed by atoms with Crippen LogP contribution < -0.4 is 5.32 Å². The normalized spacial score (nSPS) is 12.6. The molecular weight excluding hydrogens is 811 g/mol. The zero-order valence-electron chi connectivity index (χ0n) is 36.8. The van der Waals surface area contributed by atoms with Gasteiger partial charge in [0.05, 0.1) is 22.8 Å². The van der Waals surface area contributed by atoms with Crippen LogP contribution >= 0.6 is 0 Å². The van der Waals surface area contributed by atoms with E-state index in [2.05, 4.69) is 206 Å². The summed E-state index contributed by atoms with van der Waals surface area (Å²) in [7, 11) is 0. The summed E-state index contributed by atoms with van der Waals surface area (Å²) < 4.78 is 0. The van der Waals surface area contributed by atoms with E-state index in [9.17, 15) is 5.41 Å². The maximum absolute atomic E-state index is 9.71. The fourth-order valence-corrected chi connectivity index (χ4v) is 9.04. The van der Waals surface area contributed by atoms with Gasteiger partial charge >= 0.3 is 0 Å². The van der Waals surface area contributed by atoms with Gasteiger partial charge in [0, 0.05) is 33.5 Å². The molecule has 0 fully saturated rings. The fraction of sp³-hybridized carbons (Fsp3) is 0. The molecule has 3 heteroatoms. The van der Waals surface area contributed by atoms with Gasteiger partial charge in [-0.25, -0.2) is 4.98 Å². The number of benzene rings is 9. The molecule has 1 aliphatic heterocycles. The average Bonchev–Trinajstić information content (AvgIpc) is 3.42. The molecule has 2 N–H and O–H groups in total. The second kappa shape index (κ2) is 18.3. The predicted molar refractivity (Wildman–Crippen MR) is 281 cm³/mol. The highest BCUT2D eigenvalue weighted by molar-refractivity contribution is 6.36. The van der Waals surface area contributed by atoms with Crippen LogP contribution in [0.15, 0.2) is 255 Å². The van der Waals surface area contributed by atoms with Gasteiger partial charge in [-0.15, -0.1) is 0 Å². The summed E-state index contributed by atoms with van der Waals surface area (Å²) in [6.45, 7) is 0. The first kappa shape index (κ1) is 40.8. The summed E-state index contributed by atoms with van der Waals surface area (Å²) >= 11 is 0. The number of pyridine rings is 1. The number of nitrogens with one attached hydrogen (secondary N) is 2. The lowest BCUT2D eigenvalue weighted by Crippen LogP contribution is -2.20. The monoisotopic (exact) mass is 855 g/mol. The van der Waals surface area contributed by atoms with Gasteiger partial charge in [0.1, 0.15) is 0 Å². The van der Waals surface area contributed by atoms with E-state index in [1.807, 2.05) is 60.7 Å². The minimum Gasteiger partial charge on any atom is -0.354 e. The summed E-state index contributed by atoms with van der Waals surface area (Å²) in [5.74, 6) is 0. The van der Waals surface area contributed by atoms with Crippen molar-refractivity contribution in [3.05, 3.63) is 283 Å². The molecule has 67 heavy (non-hydrogen) atoms. The second-order valence-electron chi connectivity index (χ2n) is 16.8. The van der Waals surface area contributed by atoms with Crippen LogP contribution in [0.3, 0.4) is 0 Å². The lowest BCUT2D eigenvalue weighted by Gasteiger charge is -2.27. The van der Waals surface area contributed by atoms with Crippen molar-refractivity contribution in [3.8, 4) is 67.0 Å². The van der Waals surface area contributed by atoms with E-state index >= 15 is 0 Å². The standard InChI is InChI=1S/C64H45N3/c65-63(51-29-17-6-18-30-51)62(50-27-15-5-16-28-50)64-58-40-52(35-36-53(58)41-60(67-64)49-25-13-4-14-26-49)46-31-33-47(34-32-46)56-42-59(48-23-11-3-12-24-48)66-61(43-56)57-38-54(44-19-7-1-8-20-44)37-55(39-57)45-21-9-2-10-22-45/h1-43,65,67H/b64-62-,65-63?. The number of rotatable bonds is 10. The van der Waals surface area contributed by atoms with Gasteiger partial charge in [0.15, 0.2) is 0 Å². The molecule has 0 saturated heterocycles. The summed E-state index contributed by atoms with van der Waals surface area (Å²) in [6.07, 6.45) is 2.22. The second-order valence-corrected chi connectivity index (χ2v) is 16.8. The van der Waals surface area contributed by atoms with Crippen LogP contribution in [0.25, 0.3) is 90.1 Å². The zero-order valence-corrected chi connectivity index (χ0v) is 36.8. The molecule has 0 spiro atoms. The summed E-state index contributed by atoms with van der Waals surface area (Å²) in [6, 6.07) is 89.2. The number of nitrogens with zero attached hydrogens (tertiary/aromatic N) is 1. The van der Waals surface area contributed by atoms with E-state index in [-0.39, 0.29) is 0 Å². The van der Waals surface area contributed by atoms with E-state index in [4.69, 9.17) is 4.98 Å². The number of hydrogen-bond donors (Lipinski definition) is 2. The summed E-state index contributed by atoms with van der Waals surface area (Å²) in [5, 5.41) is 13.6. The topological polar surface area (TPSA) is 48.8 Å². The lowest BCUT2D eigenvalue weighted by atomic mass is 9.86. The van der Waals surface area contributed by atoms with Crippen LogP contribution in [0.2, 0.25) is 0 Å². The Kier molecular flexibility index (Phi) is 11.1. The molecule has 0 saturated carbocycles. The largest absolute Gasteiger partial charge is 0.354 e. The molecule has 0 unspecified atom stereocenters. The quantitative estimate of drug-likeness (QED) is 0.135. The minimum atomic E-state index is 0.457. The number of aromatic nitrogens is 1. The van der Waals surface area contributed by atoms with Crippen molar-refractivity contribution < 1.29 is 0 Å². The van der Waals surface area contributed by atoms with E-state index in [0.717, 1.165) is 112 Å². The molecule has 3 nitrogen and oxygen atoms in total. The fourth-order valence-electron chi connectivity index (χ4n) is 9.04. The van der Waals surface area contributed by atoms with Gasteiger partial charge in [0.25, 0.3) is 0 Å². The zero-order chi connectivity index (χ0) is 44.9. The van der Waals surface area contributed by atoms with E-state index in [1.165, 1.54) is 0 Å². The van der Waals surface area contributed by atoms with Crippen LogP contribution in [-0.2, 0) is 0 Å². The number of allylic oxidation sites excluding steroid dienone is 1. The van der Waals surface area contributed by atoms with Gasteiger partial charge in [0.2, 0.25) is 0 Å². The Labute approximate surface area is 392 Å². The molecule has 9 aromatic carbocycles. The SMILES string of the molecule is N=C(/C(=C1\NC(c2ccccc2)=Cc2ccc(-c3ccc(-c4cc(-c5ccccc5)nc(-c5cc(-c6ccccc6)cc(-c6ccccc6)c5)c4)cc3)cc21)c1ccccc1)c1ccccc1. The maximum atomic E-state index is 9.71. The van der Waals surface area contributed by atoms with E-state index < -0.39 is 0 Å². The number of fused-ring (bicyclic) bond motifs is 1. The molecule has 1 aromatic heterocycles. The van der Waals surface area contributed by atoms with Gasteiger partial charge < -0.3 is 5.32 Å². The van der Waals surface area contributed by atoms with Gasteiger partial charge in [-0.1, -0.05) is 218 Å². The van der Waals surface area contributed by atoms with Crippen LogP contribution in [0.5, 0.6) is 0 Å². The predicted octanol–water partition coefficient (Wildman–Crippen LogP) is 16.1. The Bertz CT molecular complexity index is 3380. The van der Waals surface area contributed by atoms with Crippen molar-refractivity contribution in [1.29, 1.82) is 5.41 Å². The minimum absolute atomic E-state index is 0.457. The number of hydrogen-bond acceptors (Lipinski definition) is 3. The third kappa shape index (κ3) is 8.58.